The van der Waals surface area contributed by atoms with E-state index in [1.165, 1.54) is 16.8 Å². The minimum Gasteiger partial charge on any atom is -0.474 e. The Morgan fingerprint density at radius 1 is 1.20 bits per heavy atom. The van der Waals surface area contributed by atoms with Gasteiger partial charge in [-0.2, -0.15) is 15.0 Å². The maximum absolute atomic E-state index is 15.6. The van der Waals surface area contributed by atoms with Gasteiger partial charge in [0.25, 0.3) is 0 Å². The number of carbonyl (C=O) groups excluding carboxylic acids is 1. The highest BCUT2D eigenvalue weighted by molar-refractivity contribution is 5.78. The summed E-state index contributed by atoms with van der Waals surface area (Å²) < 4.78 is 21.6. The molecule has 1 aliphatic heterocycles. The summed E-state index contributed by atoms with van der Waals surface area (Å²) in [6.07, 6.45) is 10.4. The van der Waals surface area contributed by atoms with Gasteiger partial charge in [-0.1, -0.05) is 6.07 Å². The molecule has 0 bridgehead atoms. The summed E-state index contributed by atoms with van der Waals surface area (Å²) in [7, 11) is 1.73. The summed E-state index contributed by atoms with van der Waals surface area (Å²) in [6, 6.07) is 4.21. The van der Waals surface area contributed by atoms with Crippen molar-refractivity contribution >= 4 is 5.91 Å². The quantitative estimate of drug-likeness (QED) is 0.620. The molecule has 2 fully saturated rings. The number of alkyl halides is 1. The molecule has 0 atom stereocenters. The van der Waals surface area contributed by atoms with E-state index in [-0.39, 0.29) is 18.4 Å². The third-order valence-corrected chi connectivity index (χ3v) is 7.86. The van der Waals surface area contributed by atoms with Crippen LogP contribution in [0.4, 0.5) is 4.39 Å². The van der Waals surface area contributed by atoms with Gasteiger partial charge in [0.1, 0.15) is 11.8 Å². The topological polar surface area (TPSA) is 85.2 Å². The van der Waals surface area contributed by atoms with Gasteiger partial charge in [-0.3, -0.25) is 4.79 Å². The molecule has 5 rings (SSSR count). The number of hydrogen-bond acceptors (Lipinski definition) is 6. The maximum atomic E-state index is 15.6. The Balaban J connectivity index is 1.04. The number of pyridine rings is 1. The fourth-order valence-corrected chi connectivity index (χ4v) is 5.36. The second-order valence-electron chi connectivity index (χ2n) is 10.5. The largest absolute Gasteiger partial charge is 0.474 e. The van der Waals surface area contributed by atoms with Crippen molar-refractivity contribution in [3.8, 4) is 5.88 Å². The number of aryl methyl sites for hydroxylation is 1. The van der Waals surface area contributed by atoms with Gasteiger partial charge in [0.05, 0.1) is 18.3 Å². The Labute approximate surface area is 206 Å². The number of fused-ring (bicyclic) bond motifs is 1. The van der Waals surface area contributed by atoms with Gasteiger partial charge in [-0.25, -0.2) is 9.37 Å². The first kappa shape index (κ1) is 24.2. The lowest BCUT2D eigenvalue weighted by Gasteiger charge is -2.35. The number of ether oxygens (including phenoxy) is 1. The molecule has 1 N–H and O–H groups in total. The molecule has 2 aromatic heterocycles. The molecule has 8 nitrogen and oxygen atoms in total. The SMILES string of the molecule is Cn1ncc(CC(=O)N[C@H]2CC[C@](F)(CCN3CCc4ccc(OC5CCC5)nc4CC3)CC2)n1. The molecule has 190 valence electrons. The van der Waals surface area contributed by atoms with Crippen LogP contribution in [0.1, 0.15) is 68.3 Å². The monoisotopic (exact) mass is 484 g/mol. The van der Waals surface area contributed by atoms with Crippen LogP contribution in [0.2, 0.25) is 0 Å². The van der Waals surface area contributed by atoms with Crippen molar-refractivity contribution in [3.05, 3.63) is 35.3 Å². The van der Waals surface area contributed by atoms with Crippen molar-refractivity contribution in [1.82, 2.24) is 30.2 Å². The molecule has 2 aromatic rings. The summed E-state index contributed by atoms with van der Waals surface area (Å²) in [5.74, 6) is 0.686. The van der Waals surface area contributed by atoms with Crippen LogP contribution in [0.5, 0.6) is 5.88 Å². The molecule has 2 saturated carbocycles. The van der Waals surface area contributed by atoms with Crippen LogP contribution in [0.15, 0.2) is 18.3 Å². The van der Waals surface area contributed by atoms with Gasteiger partial charge in [0, 0.05) is 50.9 Å². The van der Waals surface area contributed by atoms with Crippen LogP contribution in [0.25, 0.3) is 0 Å². The maximum Gasteiger partial charge on any atom is 0.226 e. The predicted octanol–water partition coefficient (Wildman–Crippen LogP) is 2.94. The Morgan fingerprint density at radius 3 is 2.71 bits per heavy atom. The zero-order chi connectivity index (χ0) is 24.3. The van der Waals surface area contributed by atoms with Gasteiger partial charge in [0.15, 0.2) is 0 Å². The van der Waals surface area contributed by atoms with Crippen LogP contribution in [-0.4, -0.2) is 68.2 Å². The molecular formula is C26H37FN6O2. The molecule has 0 saturated heterocycles. The van der Waals surface area contributed by atoms with Crippen LogP contribution >= 0.6 is 0 Å². The lowest BCUT2D eigenvalue weighted by Crippen LogP contribution is -2.43. The van der Waals surface area contributed by atoms with Crippen LogP contribution in [0.3, 0.4) is 0 Å². The number of halogens is 1. The van der Waals surface area contributed by atoms with E-state index in [9.17, 15) is 4.79 Å². The third-order valence-electron chi connectivity index (χ3n) is 7.86. The average Bonchev–Trinajstić information content (AvgIpc) is 3.10. The number of amides is 1. The lowest BCUT2D eigenvalue weighted by atomic mass is 9.81. The van der Waals surface area contributed by atoms with Crippen molar-refractivity contribution in [3.63, 3.8) is 0 Å². The standard InChI is InChI=1S/C26H37FN6O2/c1-32-28-18-21(31-32)17-24(34)29-20-7-11-26(27,12-8-20)13-16-33-14-9-19-5-6-25(30-23(19)10-15-33)35-22-3-2-4-22/h5-6,18,20,22H,2-4,7-17H2,1H3,(H,29,34)/t20-,26+. The molecule has 0 spiro atoms. The van der Waals surface area contributed by atoms with E-state index < -0.39 is 5.67 Å². The first-order valence-corrected chi connectivity index (χ1v) is 13.2. The van der Waals surface area contributed by atoms with E-state index in [1.807, 2.05) is 6.07 Å². The van der Waals surface area contributed by atoms with Crippen LogP contribution in [0, 0.1) is 0 Å². The Morgan fingerprint density at radius 2 is 2.00 bits per heavy atom. The zero-order valence-electron chi connectivity index (χ0n) is 20.7. The molecule has 3 heterocycles. The highest BCUT2D eigenvalue weighted by Gasteiger charge is 2.36. The van der Waals surface area contributed by atoms with Crippen LogP contribution in [-0.2, 0) is 31.1 Å². The van der Waals surface area contributed by atoms with Crippen molar-refractivity contribution in [1.29, 1.82) is 0 Å². The number of hydrogen-bond donors (Lipinski definition) is 1. The van der Waals surface area contributed by atoms with Crippen molar-refractivity contribution in [2.45, 2.75) is 88.4 Å². The molecule has 0 radical (unpaired) electrons. The third kappa shape index (κ3) is 6.37. The first-order valence-electron chi connectivity index (χ1n) is 13.2. The number of aromatic nitrogens is 4. The molecule has 3 aliphatic rings. The molecule has 1 amide bonds. The van der Waals surface area contributed by atoms with Crippen molar-refractivity contribution in [2.24, 2.45) is 7.05 Å². The van der Waals surface area contributed by atoms with Gasteiger partial charge in [0.2, 0.25) is 11.8 Å². The second-order valence-corrected chi connectivity index (χ2v) is 10.5. The molecule has 9 heteroatoms. The fourth-order valence-electron chi connectivity index (χ4n) is 5.36. The summed E-state index contributed by atoms with van der Waals surface area (Å²) in [6.45, 7) is 2.61. The first-order chi connectivity index (χ1) is 16.9. The average molecular weight is 485 g/mol. The number of nitrogens with zero attached hydrogens (tertiary/aromatic N) is 5. The number of carbonyl (C=O) groups is 1. The highest BCUT2D eigenvalue weighted by Crippen LogP contribution is 2.35. The van der Waals surface area contributed by atoms with Gasteiger partial charge < -0.3 is 15.0 Å². The number of nitrogens with one attached hydrogen (secondary N) is 1. The number of rotatable bonds is 8. The lowest BCUT2D eigenvalue weighted by molar-refractivity contribution is -0.121. The van der Waals surface area contributed by atoms with E-state index in [1.54, 1.807) is 13.2 Å². The summed E-state index contributed by atoms with van der Waals surface area (Å²) in [5, 5.41) is 11.2. The van der Waals surface area contributed by atoms with E-state index in [0.29, 0.717) is 43.9 Å². The van der Waals surface area contributed by atoms with Gasteiger partial charge in [-0.15, -0.1) is 0 Å². The normalized spacial score (nSPS) is 25.4. The summed E-state index contributed by atoms with van der Waals surface area (Å²) in [5.41, 5.74) is 1.93. The Hall–Kier alpha value is -2.55. The molecular weight excluding hydrogens is 447 g/mol. The molecule has 0 aromatic carbocycles. The Kier molecular flexibility index (Phi) is 7.32. The summed E-state index contributed by atoms with van der Waals surface area (Å²) >= 11 is 0. The Bertz CT molecular complexity index is 1020. The minimum absolute atomic E-state index is 0.0400. The minimum atomic E-state index is -1.15. The van der Waals surface area contributed by atoms with E-state index in [4.69, 9.17) is 9.72 Å². The van der Waals surface area contributed by atoms with Crippen LogP contribution < -0.4 is 10.1 Å². The second kappa shape index (κ2) is 10.6. The summed E-state index contributed by atoms with van der Waals surface area (Å²) in [4.78, 5) is 20.9. The molecule has 2 aliphatic carbocycles. The fraction of sp³-hybridized carbons (Fsp3) is 0.692. The molecule has 0 unspecified atom stereocenters. The van der Waals surface area contributed by atoms with E-state index in [0.717, 1.165) is 56.9 Å². The van der Waals surface area contributed by atoms with Crippen molar-refractivity contribution < 1.29 is 13.9 Å². The highest BCUT2D eigenvalue weighted by atomic mass is 19.1. The van der Waals surface area contributed by atoms with E-state index in [2.05, 4.69) is 26.5 Å². The predicted molar refractivity (Wildman–Crippen MR) is 130 cm³/mol. The van der Waals surface area contributed by atoms with Gasteiger partial charge in [-0.05, 0) is 63.4 Å². The smallest absolute Gasteiger partial charge is 0.226 e. The van der Waals surface area contributed by atoms with Crippen molar-refractivity contribution in [2.75, 3.05) is 19.6 Å². The van der Waals surface area contributed by atoms with E-state index >= 15 is 4.39 Å². The molecule has 35 heavy (non-hydrogen) atoms. The van der Waals surface area contributed by atoms with Gasteiger partial charge >= 0.3 is 0 Å². The zero-order valence-corrected chi connectivity index (χ0v) is 20.7.